The first-order valence-electron chi connectivity index (χ1n) is 6.88. The molecule has 1 N–H and O–H groups in total. The molecule has 2 unspecified atom stereocenters. The van der Waals surface area contributed by atoms with Crippen LogP contribution in [0.25, 0.3) is 0 Å². The fourth-order valence-corrected chi connectivity index (χ4v) is 3.57. The molecule has 0 saturated carbocycles. The number of pyridine rings is 1. The Morgan fingerprint density at radius 3 is 3.00 bits per heavy atom. The second-order valence-corrected chi connectivity index (χ2v) is 6.49. The maximum Gasteiger partial charge on any atom is 0.0728 e. The normalized spacial score (nSPS) is 29.8. The smallest absolute Gasteiger partial charge is 0.0728 e. The summed E-state index contributed by atoms with van der Waals surface area (Å²) in [5.74, 6) is 0.440. The summed E-state index contributed by atoms with van der Waals surface area (Å²) in [5, 5.41) is 10.0. The van der Waals surface area contributed by atoms with Gasteiger partial charge in [0.15, 0.2) is 0 Å². The van der Waals surface area contributed by atoms with Crippen molar-refractivity contribution in [2.75, 3.05) is 0 Å². The lowest BCUT2D eigenvalue weighted by Gasteiger charge is -2.34. The Hall–Kier alpha value is -1.15. The number of fused-ring (bicyclic) bond motifs is 1. The summed E-state index contributed by atoms with van der Waals surface area (Å²) in [6.07, 6.45) is 7.93. The van der Waals surface area contributed by atoms with Gasteiger partial charge >= 0.3 is 0 Å². The summed E-state index contributed by atoms with van der Waals surface area (Å²) in [4.78, 5) is 4.57. The molecule has 3 rings (SSSR count). The van der Waals surface area contributed by atoms with E-state index in [1.54, 1.807) is 0 Å². The minimum Gasteiger partial charge on any atom is -0.389 e. The lowest BCUT2D eigenvalue weighted by molar-refractivity contribution is 0.136. The lowest BCUT2D eigenvalue weighted by atomic mass is 9.72. The average molecular weight is 243 g/mol. The minimum atomic E-state index is -0.281. The van der Waals surface area contributed by atoms with Crippen molar-refractivity contribution in [1.29, 1.82) is 0 Å². The number of aryl methyl sites for hydroxylation is 1. The molecular weight excluding hydrogens is 222 g/mol. The zero-order chi connectivity index (χ0) is 12.8. The summed E-state index contributed by atoms with van der Waals surface area (Å²) < 4.78 is 0. The number of hydrogen-bond acceptors (Lipinski definition) is 2. The van der Waals surface area contributed by atoms with E-state index in [4.69, 9.17) is 0 Å². The molecule has 1 heterocycles. The fourth-order valence-electron chi connectivity index (χ4n) is 3.57. The van der Waals surface area contributed by atoms with Crippen molar-refractivity contribution in [3.05, 3.63) is 41.2 Å². The minimum absolute atomic E-state index is 0.209. The highest BCUT2D eigenvalue weighted by atomic mass is 16.3. The van der Waals surface area contributed by atoms with Crippen LogP contribution in [0.4, 0.5) is 0 Å². The van der Waals surface area contributed by atoms with Crippen molar-refractivity contribution >= 4 is 0 Å². The Morgan fingerprint density at radius 2 is 2.22 bits per heavy atom. The highest BCUT2D eigenvalue weighted by molar-refractivity contribution is 5.37. The molecular formula is C16H21NO. The molecule has 0 amide bonds. The van der Waals surface area contributed by atoms with Gasteiger partial charge in [-0.2, -0.15) is 0 Å². The van der Waals surface area contributed by atoms with E-state index in [0.29, 0.717) is 5.92 Å². The van der Waals surface area contributed by atoms with E-state index < -0.39 is 0 Å². The largest absolute Gasteiger partial charge is 0.389 e. The van der Waals surface area contributed by atoms with Crippen molar-refractivity contribution in [1.82, 2.24) is 4.98 Å². The Labute approximate surface area is 109 Å². The average Bonchev–Trinajstić information content (AvgIpc) is 2.69. The van der Waals surface area contributed by atoms with Crippen molar-refractivity contribution in [3.8, 4) is 0 Å². The number of aliphatic hydroxyl groups is 1. The van der Waals surface area contributed by atoms with E-state index in [2.05, 4.69) is 31.0 Å². The second kappa shape index (κ2) is 4.20. The molecule has 2 nitrogen and oxygen atoms in total. The Kier molecular flexibility index (Phi) is 2.78. The molecule has 2 aliphatic carbocycles. The maximum absolute atomic E-state index is 10.0. The summed E-state index contributed by atoms with van der Waals surface area (Å²) in [5.41, 5.74) is 4.24. The van der Waals surface area contributed by atoms with E-state index >= 15 is 0 Å². The van der Waals surface area contributed by atoms with Crippen LogP contribution in [-0.4, -0.2) is 16.2 Å². The van der Waals surface area contributed by atoms with Gasteiger partial charge in [-0.3, -0.25) is 4.98 Å². The number of nitrogens with zero attached hydrogens (tertiary/aromatic N) is 1. The van der Waals surface area contributed by atoms with Gasteiger partial charge in [-0.25, -0.2) is 0 Å². The number of aliphatic hydroxyl groups excluding tert-OH is 1. The van der Waals surface area contributed by atoms with Crippen LogP contribution in [0.1, 0.15) is 50.3 Å². The van der Waals surface area contributed by atoms with E-state index in [0.717, 1.165) is 25.7 Å². The molecule has 18 heavy (non-hydrogen) atoms. The predicted octanol–water partition coefficient (Wildman–Crippen LogP) is 3.22. The predicted molar refractivity (Wildman–Crippen MR) is 72.4 cm³/mol. The van der Waals surface area contributed by atoms with E-state index in [-0.39, 0.29) is 11.5 Å². The van der Waals surface area contributed by atoms with Gasteiger partial charge in [-0.1, -0.05) is 31.6 Å². The lowest BCUT2D eigenvalue weighted by Crippen LogP contribution is -2.26. The Balaban J connectivity index is 1.93. The summed E-state index contributed by atoms with van der Waals surface area (Å²) in [7, 11) is 0. The van der Waals surface area contributed by atoms with Crippen LogP contribution in [0.5, 0.6) is 0 Å². The van der Waals surface area contributed by atoms with Gasteiger partial charge < -0.3 is 5.11 Å². The molecule has 1 aromatic rings. The molecule has 0 aromatic carbocycles. The van der Waals surface area contributed by atoms with Crippen LogP contribution in [0, 0.1) is 5.41 Å². The molecule has 0 spiro atoms. The molecule has 2 atom stereocenters. The number of allylic oxidation sites excluding steroid dienone is 1. The third-order valence-corrected chi connectivity index (χ3v) is 4.26. The summed E-state index contributed by atoms with van der Waals surface area (Å²) >= 11 is 0. The number of rotatable bonds is 1. The van der Waals surface area contributed by atoms with E-state index in [1.165, 1.54) is 16.8 Å². The van der Waals surface area contributed by atoms with Crippen LogP contribution in [0.15, 0.2) is 30.0 Å². The molecule has 0 aliphatic heterocycles. The highest BCUT2D eigenvalue weighted by Gasteiger charge is 2.34. The van der Waals surface area contributed by atoms with E-state index in [1.807, 2.05) is 12.3 Å². The molecule has 0 radical (unpaired) electrons. The quantitative estimate of drug-likeness (QED) is 0.768. The van der Waals surface area contributed by atoms with Gasteiger partial charge in [0.05, 0.1) is 11.8 Å². The monoisotopic (exact) mass is 243 g/mol. The standard InChI is InChI=1S/C16H21NO/c1-16(2)9-12(8-13(18)10-16)14-6-5-11-4-3-7-17-15(11)14/h3-4,7-8,13-14,18H,5-6,9-10H2,1-2H3. The molecule has 2 aliphatic rings. The first kappa shape index (κ1) is 11.9. The van der Waals surface area contributed by atoms with Crippen LogP contribution in [-0.2, 0) is 6.42 Å². The highest BCUT2D eigenvalue weighted by Crippen LogP contribution is 2.45. The van der Waals surface area contributed by atoms with Gasteiger partial charge in [0.1, 0.15) is 0 Å². The van der Waals surface area contributed by atoms with Crippen molar-refractivity contribution < 1.29 is 5.11 Å². The maximum atomic E-state index is 10.0. The van der Waals surface area contributed by atoms with Crippen molar-refractivity contribution in [2.45, 2.75) is 51.6 Å². The molecule has 0 bridgehead atoms. The van der Waals surface area contributed by atoms with Gasteiger partial charge in [0, 0.05) is 12.1 Å². The number of hydrogen-bond donors (Lipinski definition) is 1. The molecule has 1 aromatic heterocycles. The van der Waals surface area contributed by atoms with Crippen LogP contribution in [0.2, 0.25) is 0 Å². The van der Waals surface area contributed by atoms with Crippen molar-refractivity contribution in [3.63, 3.8) is 0 Å². The van der Waals surface area contributed by atoms with Crippen LogP contribution < -0.4 is 0 Å². The zero-order valence-electron chi connectivity index (χ0n) is 11.2. The van der Waals surface area contributed by atoms with Gasteiger partial charge in [0.25, 0.3) is 0 Å². The Bertz CT molecular complexity index is 490. The molecule has 0 fully saturated rings. The molecule has 0 saturated heterocycles. The summed E-state index contributed by atoms with van der Waals surface area (Å²) in [6.45, 7) is 4.50. The SMILES string of the molecule is CC1(C)CC(C2CCc3cccnc32)=CC(O)C1. The first-order valence-corrected chi connectivity index (χ1v) is 6.88. The van der Waals surface area contributed by atoms with E-state index in [9.17, 15) is 5.11 Å². The fraction of sp³-hybridized carbons (Fsp3) is 0.562. The molecule has 2 heteroatoms. The van der Waals surface area contributed by atoms with Crippen LogP contribution >= 0.6 is 0 Å². The second-order valence-electron chi connectivity index (χ2n) is 6.49. The topological polar surface area (TPSA) is 33.1 Å². The number of aromatic nitrogens is 1. The third kappa shape index (κ3) is 2.10. The first-order chi connectivity index (χ1) is 8.55. The van der Waals surface area contributed by atoms with Gasteiger partial charge in [-0.15, -0.1) is 0 Å². The molecule has 96 valence electrons. The van der Waals surface area contributed by atoms with Crippen molar-refractivity contribution in [2.24, 2.45) is 5.41 Å². The zero-order valence-corrected chi connectivity index (χ0v) is 11.2. The van der Waals surface area contributed by atoms with Gasteiger partial charge in [0.2, 0.25) is 0 Å². The van der Waals surface area contributed by atoms with Crippen LogP contribution in [0.3, 0.4) is 0 Å². The van der Waals surface area contributed by atoms with Gasteiger partial charge in [-0.05, 0) is 42.7 Å². The third-order valence-electron chi connectivity index (χ3n) is 4.26. The summed E-state index contributed by atoms with van der Waals surface area (Å²) in [6, 6.07) is 4.21. The Morgan fingerprint density at radius 1 is 1.39 bits per heavy atom.